The van der Waals surface area contributed by atoms with Gasteiger partial charge in [-0.05, 0) is 30.2 Å². The smallest absolute Gasteiger partial charge is 0.193 e. The van der Waals surface area contributed by atoms with Gasteiger partial charge in [0.15, 0.2) is 5.96 Å². The molecule has 7 heteroatoms. The van der Waals surface area contributed by atoms with E-state index in [4.69, 9.17) is 0 Å². The van der Waals surface area contributed by atoms with Gasteiger partial charge in [0, 0.05) is 57.6 Å². The van der Waals surface area contributed by atoms with E-state index in [1.54, 1.807) is 0 Å². The van der Waals surface area contributed by atoms with Crippen molar-refractivity contribution in [2.24, 2.45) is 4.99 Å². The van der Waals surface area contributed by atoms with E-state index in [-0.39, 0.29) is 24.0 Å². The first-order chi connectivity index (χ1) is 13.8. The van der Waals surface area contributed by atoms with Crippen LogP contribution in [0.5, 0.6) is 0 Å². The van der Waals surface area contributed by atoms with E-state index in [2.05, 4.69) is 60.4 Å². The molecule has 0 amide bonds. The molecule has 1 fully saturated rings. The van der Waals surface area contributed by atoms with Crippen molar-refractivity contribution in [2.75, 3.05) is 44.7 Å². The third-order valence-electron chi connectivity index (χ3n) is 5.16. The number of pyridine rings is 2. The van der Waals surface area contributed by atoms with Gasteiger partial charge in [-0.2, -0.15) is 0 Å². The second kappa shape index (κ2) is 10.4. The molecule has 29 heavy (non-hydrogen) atoms. The highest BCUT2D eigenvalue weighted by atomic mass is 127. The number of guanidine groups is 1. The zero-order valence-corrected chi connectivity index (χ0v) is 19.0. The van der Waals surface area contributed by atoms with Gasteiger partial charge in [-0.25, -0.2) is 4.98 Å². The van der Waals surface area contributed by atoms with Crippen molar-refractivity contribution in [3.63, 3.8) is 0 Å². The fraction of sp³-hybridized carbons (Fsp3) is 0.318. The first-order valence-corrected chi connectivity index (χ1v) is 9.79. The standard InChI is InChI=1S/C22H26N6.HI/c1-23-22(28-16-14-27(15-17-28)20-9-2-3-11-24-20)26-13-10-19-7-4-6-18-8-5-12-25-21(18)19;/h2-9,11-12H,10,13-17H2,1H3,(H,23,26);1H. The molecule has 1 saturated heterocycles. The Morgan fingerprint density at radius 1 is 0.966 bits per heavy atom. The van der Waals surface area contributed by atoms with Crippen LogP contribution in [-0.2, 0) is 6.42 Å². The number of nitrogens with zero attached hydrogens (tertiary/aromatic N) is 5. The van der Waals surface area contributed by atoms with Crippen molar-refractivity contribution in [2.45, 2.75) is 6.42 Å². The van der Waals surface area contributed by atoms with Crippen LogP contribution in [0.15, 0.2) is 65.9 Å². The number of hydrogen-bond donors (Lipinski definition) is 1. The number of piperazine rings is 1. The van der Waals surface area contributed by atoms with Crippen LogP contribution >= 0.6 is 24.0 Å². The van der Waals surface area contributed by atoms with Crippen molar-refractivity contribution in [1.29, 1.82) is 0 Å². The van der Waals surface area contributed by atoms with Crippen LogP contribution in [-0.4, -0.2) is 60.6 Å². The SMILES string of the molecule is CN=C(NCCc1cccc2cccnc12)N1CCN(c2ccccn2)CC1.I. The number of hydrogen-bond acceptors (Lipinski definition) is 4. The molecule has 2 aromatic heterocycles. The summed E-state index contributed by atoms with van der Waals surface area (Å²) in [7, 11) is 1.85. The maximum Gasteiger partial charge on any atom is 0.193 e. The minimum Gasteiger partial charge on any atom is -0.356 e. The normalized spacial score (nSPS) is 14.6. The average Bonchev–Trinajstić information content (AvgIpc) is 2.78. The van der Waals surface area contributed by atoms with E-state index in [1.807, 2.05) is 37.6 Å². The summed E-state index contributed by atoms with van der Waals surface area (Å²) < 4.78 is 0. The fourth-order valence-electron chi connectivity index (χ4n) is 3.70. The number of rotatable bonds is 4. The van der Waals surface area contributed by atoms with Gasteiger partial charge in [-0.15, -0.1) is 24.0 Å². The van der Waals surface area contributed by atoms with E-state index in [0.29, 0.717) is 0 Å². The first-order valence-electron chi connectivity index (χ1n) is 9.79. The molecule has 0 bridgehead atoms. The highest BCUT2D eigenvalue weighted by Gasteiger charge is 2.20. The number of para-hydroxylation sites is 1. The molecule has 3 aromatic rings. The van der Waals surface area contributed by atoms with E-state index >= 15 is 0 Å². The van der Waals surface area contributed by atoms with Crippen LogP contribution in [0.4, 0.5) is 5.82 Å². The molecule has 0 radical (unpaired) electrons. The van der Waals surface area contributed by atoms with Crippen LogP contribution in [0.2, 0.25) is 0 Å². The van der Waals surface area contributed by atoms with Gasteiger partial charge in [-0.3, -0.25) is 9.98 Å². The molecule has 0 spiro atoms. The number of benzene rings is 1. The third kappa shape index (κ3) is 5.14. The van der Waals surface area contributed by atoms with Crippen molar-refractivity contribution in [3.05, 3.63) is 66.5 Å². The molecule has 0 aliphatic carbocycles. The maximum atomic E-state index is 4.55. The number of anilines is 1. The van der Waals surface area contributed by atoms with Crippen molar-refractivity contribution in [3.8, 4) is 0 Å². The molecule has 6 nitrogen and oxygen atoms in total. The van der Waals surface area contributed by atoms with Gasteiger partial charge >= 0.3 is 0 Å². The van der Waals surface area contributed by atoms with Gasteiger partial charge in [0.05, 0.1) is 5.52 Å². The van der Waals surface area contributed by atoms with Crippen LogP contribution in [0, 0.1) is 0 Å². The molecule has 4 rings (SSSR count). The predicted molar refractivity (Wildman–Crippen MR) is 130 cm³/mol. The van der Waals surface area contributed by atoms with E-state index in [1.165, 1.54) is 10.9 Å². The Labute approximate surface area is 189 Å². The lowest BCUT2D eigenvalue weighted by molar-refractivity contribution is 0.372. The van der Waals surface area contributed by atoms with Crippen LogP contribution in [0.1, 0.15) is 5.56 Å². The molecule has 152 valence electrons. The van der Waals surface area contributed by atoms with Gasteiger partial charge in [0.25, 0.3) is 0 Å². The number of aliphatic imine (C=N–C) groups is 1. The van der Waals surface area contributed by atoms with Crippen molar-refractivity contribution < 1.29 is 0 Å². The second-order valence-corrected chi connectivity index (χ2v) is 6.88. The lowest BCUT2D eigenvalue weighted by Crippen LogP contribution is -2.53. The van der Waals surface area contributed by atoms with Gasteiger partial charge in [-0.1, -0.05) is 30.3 Å². The second-order valence-electron chi connectivity index (χ2n) is 6.88. The molecular weight excluding hydrogens is 475 g/mol. The number of aromatic nitrogens is 2. The van der Waals surface area contributed by atoms with Crippen LogP contribution in [0.25, 0.3) is 10.9 Å². The molecule has 0 unspecified atom stereocenters. The van der Waals surface area contributed by atoms with Crippen molar-refractivity contribution in [1.82, 2.24) is 20.2 Å². The molecule has 1 N–H and O–H groups in total. The topological polar surface area (TPSA) is 56.7 Å². The molecule has 1 aromatic carbocycles. The highest BCUT2D eigenvalue weighted by Crippen LogP contribution is 2.16. The Kier molecular flexibility index (Phi) is 7.62. The molecule has 1 aliphatic rings. The summed E-state index contributed by atoms with van der Waals surface area (Å²) in [5, 5.41) is 4.71. The predicted octanol–water partition coefficient (Wildman–Crippen LogP) is 3.19. The molecule has 0 atom stereocenters. The monoisotopic (exact) mass is 502 g/mol. The molecule has 3 heterocycles. The Morgan fingerprint density at radius 2 is 1.76 bits per heavy atom. The third-order valence-corrected chi connectivity index (χ3v) is 5.16. The summed E-state index contributed by atoms with van der Waals surface area (Å²) in [5.41, 5.74) is 2.35. The first kappa shape index (κ1) is 21.3. The highest BCUT2D eigenvalue weighted by molar-refractivity contribution is 14.0. The zero-order valence-electron chi connectivity index (χ0n) is 16.7. The van der Waals surface area contributed by atoms with Crippen LogP contribution < -0.4 is 10.2 Å². The van der Waals surface area contributed by atoms with Gasteiger partial charge < -0.3 is 15.1 Å². The Balaban J connectivity index is 0.00000240. The summed E-state index contributed by atoms with van der Waals surface area (Å²) in [6, 6.07) is 16.5. The summed E-state index contributed by atoms with van der Waals surface area (Å²) >= 11 is 0. The molecule has 1 aliphatic heterocycles. The largest absolute Gasteiger partial charge is 0.356 e. The summed E-state index contributed by atoms with van der Waals surface area (Å²) in [6.07, 6.45) is 4.63. The number of nitrogens with one attached hydrogen (secondary N) is 1. The Hall–Kier alpha value is -2.42. The lowest BCUT2D eigenvalue weighted by atomic mass is 10.1. The quantitative estimate of drug-likeness (QED) is 0.338. The summed E-state index contributed by atoms with van der Waals surface area (Å²) in [4.78, 5) is 18.1. The average molecular weight is 502 g/mol. The van der Waals surface area contributed by atoms with Crippen molar-refractivity contribution >= 4 is 46.7 Å². The number of halogens is 1. The lowest BCUT2D eigenvalue weighted by Gasteiger charge is -2.37. The van der Waals surface area contributed by atoms with Gasteiger partial charge in [0.1, 0.15) is 5.82 Å². The van der Waals surface area contributed by atoms with Crippen LogP contribution in [0.3, 0.4) is 0 Å². The Bertz CT molecular complexity index is 933. The van der Waals surface area contributed by atoms with Gasteiger partial charge in [0.2, 0.25) is 0 Å². The Morgan fingerprint density at radius 3 is 2.52 bits per heavy atom. The van der Waals surface area contributed by atoms with E-state index in [0.717, 1.165) is 56.4 Å². The molecular formula is C22H27IN6. The number of fused-ring (bicyclic) bond motifs is 1. The summed E-state index contributed by atoms with van der Waals surface area (Å²) in [5.74, 6) is 2.02. The molecule has 0 saturated carbocycles. The zero-order chi connectivity index (χ0) is 19.2. The fourth-order valence-corrected chi connectivity index (χ4v) is 3.70. The van der Waals surface area contributed by atoms with E-state index in [9.17, 15) is 0 Å². The summed E-state index contributed by atoms with van der Waals surface area (Å²) in [6.45, 7) is 4.61. The minimum absolute atomic E-state index is 0. The maximum absolute atomic E-state index is 4.55. The minimum atomic E-state index is 0. The van der Waals surface area contributed by atoms with E-state index < -0.39 is 0 Å².